The second kappa shape index (κ2) is 4.65. The van der Waals surface area contributed by atoms with E-state index in [-0.39, 0.29) is 0 Å². The maximum atomic E-state index is 6.45. The van der Waals surface area contributed by atoms with Gasteiger partial charge in [-0.1, -0.05) is 53.1 Å². The van der Waals surface area contributed by atoms with Gasteiger partial charge in [0.15, 0.2) is 0 Å². The van der Waals surface area contributed by atoms with Gasteiger partial charge in [0.05, 0.1) is 0 Å². The topological polar surface area (TPSA) is 0 Å². The molecule has 0 N–H and O–H groups in total. The zero-order valence-electron chi connectivity index (χ0n) is 11.0. The van der Waals surface area contributed by atoms with Crippen LogP contribution in [0.3, 0.4) is 0 Å². The number of hydrogen-bond donors (Lipinski definition) is 0. The van der Waals surface area contributed by atoms with E-state index in [0.717, 1.165) is 33.7 Å². The van der Waals surface area contributed by atoms with E-state index in [2.05, 4.69) is 24.3 Å². The Morgan fingerprint density at radius 1 is 0.850 bits per heavy atom. The highest BCUT2D eigenvalue weighted by Crippen LogP contribution is 2.42. The average Bonchev–Trinajstić information content (AvgIpc) is 2.50. The minimum atomic E-state index is 0.783. The Kier molecular flexibility index (Phi) is 2.90. The van der Waals surface area contributed by atoms with Crippen molar-refractivity contribution >= 4 is 39.5 Å². The third-order valence-corrected chi connectivity index (χ3v) is 5.07. The molecule has 0 radical (unpaired) electrons. The maximum Gasteiger partial charge on any atom is 0.0488 e. The first-order valence-corrected chi connectivity index (χ1v) is 7.80. The van der Waals surface area contributed by atoms with Gasteiger partial charge in [-0.3, -0.25) is 0 Å². The molecule has 0 fully saturated rings. The molecular weight excluding hydrogens is 287 g/mol. The molecule has 0 atom stereocenters. The maximum absolute atomic E-state index is 6.45. The normalized spacial score (nSPS) is 17.3. The second-order valence-corrected chi connectivity index (χ2v) is 6.32. The molecule has 0 bridgehead atoms. The number of hydrogen-bond acceptors (Lipinski definition) is 0. The third kappa shape index (κ3) is 1.75. The van der Waals surface area contributed by atoms with E-state index in [9.17, 15) is 0 Å². The van der Waals surface area contributed by atoms with E-state index in [1.807, 2.05) is 12.1 Å². The van der Waals surface area contributed by atoms with E-state index < -0.39 is 0 Å². The van der Waals surface area contributed by atoms with Gasteiger partial charge < -0.3 is 0 Å². The second-order valence-electron chi connectivity index (χ2n) is 5.50. The van der Waals surface area contributed by atoms with Crippen LogP contribution >= 0.6 is 23.2 Å². The summed E-state index contributed by atoms with van der Waals surface area (Å²) in [6.07, 6.45) is 9.15. The predicted molar refractivity (Wildman–Crippen MR) is 87.6 cm³/mol. The largest absolute Gasteiger partial charge is 0.0837 e. The zero-order valence-corrected chi connectivity index (χ0v) is 12.6. The van der Waals surface area contributed by atoms with Crippen LogP contribution in [0.25, 0.3) is 16.3 Å². The molecule has 2 aromatic carbocycles. The van der Waals surface area contributed by atoms with Crippen molar-refractivity contribution in [1.29, 1.82) is 0 Å². The van der Waals surface area contributed by atoms with E-state index in [0.29, 0.717) is 0 Å². The molecule has 100 valence electrons. The Bertz CT molecular complexity index is 782. The first-order valence-electron chi connectivity index (χ1n) is 7.04. The summed E-state index contributed by atoms with van der Waals surface area (Å²) >= 11 is 12.8. The molecule has 0 aromatic heterocycles. The molecule has 20 heavy (non-hydrogen) atoms. The summed E-state index contributed by atoms with van der Waals surface area (Å²) in [5, 5.41) is 3.81. The van der Waals surface area contributed by atoms with Gasteiger partial charge in [0.1, 0.15) is 0 Å². The highest BCUT2D eigenvalue weighted by atomic mass is 35.5. The van der Waals surface area contributed by atoms with Crippen LogP contribution in [-0.4, -0.2) is 0 Å². The van der Waals surface area contributed by atoms with Crippen molar-refractivity contribution in [2.24, 2.45) is 0 Å². The van der Waals surface area contributed by atoms with Gasteiger partial charge >= 0.3 is 0 Å². The smallest absolute Gasteiger partial charge is 0.0488 e. The number of benzene rings is 2. The fourth-order valence-corrected chi connectivity index (χ4v) is 3.98. The lowest BCUT2D eigenvalue weighted by molar-refractivity contribution is 0.831. The molecule has 0 heterocycles. The number of fused-ring (bicyclic) bond motifs is 4. The Morgan fingerprint density at radius 2 is 1.70 bits per heavy atom. The van der Waals surface area contributed by atoms with Gasteiger partial charge in [0, 0.05) is 20.8 Å². The Hall–Kier alpha value is -1.24. The summed E-state index contributed by atoms with van der Waals surface area (Å²) in [7, 11) is 0. The van der Waals surface area contributed by atoms with Gasteiger partial charge in [-0.15, -0.1) is 0 Å². The molecule has 2 aromatic rings. The molecular formula is C18H14Cl2. The molecule has 2 aliphatic rings. The molecule has 0 saturated heterocycles. The lowest BCUT2D eigenvalue weighted by Gasteiger charge is -2.25. The first kappa shape index (κ1) is 12.5. The monoisotopic (exact) mass is 300 g/mol. The molecule has 0 amide bonds. The van der Waals surface area contributed by atoms with Crippen molar-refractivity contribution in [1.82, 2.24) is 0 Å². The third-order valence-electron chi connectivity index (χ3n) is 4.43. The fraction of sp³-hybridized carbons (Fsp3) is 0.222. The van der Waals surface area contributed by atoms with Gasteiger partial charge in [-0.2, -0.15) is 0 Å². The van der Waals surface area contributed by atoms with E-state index >= 15 is 0 Å². The highest BCUT2D eigenvalue weighted by molar-refractivity contribution is 6.40. The first-order chi connectivity index (χ1) is 9.75. The van der Waals surface area contributed by atoms with Gasteiger partial charge in [0.2, 0.25) is 0 Å². The van der Waals surface area contributed by atoms with Crippen molar-refractivity contribution in [3.63, 3.8) is 0 Å². The molecule has 2 aliphatic carbocycles. The summed E-state index contributed by atoms with van der Waals surface area (Å²) in [5.41, 5.74) is 5.71. The van der Waals surface area contributed by atoms with Crippen molar-refractivity contribution in [2.75, 3.05) is 0 Å². The van der Waals surface area contributed by atoms with Gasteiger partial charge in [-0.05, 0) is 54.5 Å². The molecule has 0 saturated carbocycles. The average molecular weight is 301 g/mol. The standard InChI is InChI=1S/C18H14Cl2/c19-16-9-10-17(20)18-14-6-5-11-3-1-2-4-12(11)13(14)7-8-15(16)18/h2,4,7-10H,1,3,5-6H2. The van der Waals surface area contributed by atoms with Crippen molar-refractivity contribution in [3.8, 4) is 0 Å². The van der Waals surface area contributed by atoms with Crippen LogP contribution < -0.4 is 0 Å². The van der Waals surface area contributed by atoms with E-state index in [4.69, 9.17) is 23.2 Å². The zero-order chi connectivity index (χ0) is 13.7. The number of halogens is 2. The summed E-state index contributed by atoms with van der Waals surface area (Å²) in [6, 6.07) is 8.12. The summed E-state index contributed by atoms with van der Waals surface area (Å²) in [5.74, 6) is 0. The van der Waals surface area contributed by atoms with Crippen LogP contribution in [0.2, 0.25) is 10.0 Å². The highest BCUT2D eigenvalue weighted by Gasteiger charge is 2.22. The quantitative estimate of drug-likeness (QED) is 0.543. The molecule has 2 heteroatoms. The van der Waals surface area contributed by atoms with E-state index in [1.54, 1.807) is 5.57 Å². The van der Waals surface area contributed by atoms with Crippen molar-refractivity contribution in [2.45, 2.75) is 25.7 Å². The number of aryl methyl sites for hydroxylation is 1. The van der Waals surface area contributed by atoms with Crippen molar-refractivity contribution in [3.05, 3.63) is 63.2 Å². The Morgan fingerprint density at radius 3 is 2.60 bits per heavy atom. The summed E-state index contributed by atoms with van der Waals surface area (Å²) < 4.78 is 0. The van der Waals surface area contributed by atoms with Crippen molar-refractivity contribution < 1.29 is 0 Å². The van der Waals surface area contributed by atoms with Crippen LogP contribution in [0.4, 0.5) is 0 Å². The molecule has 0 nitrogen and oxygen atoms in total. The Balaban J connectivity index is 2.07. The minimum Gasteiger partial charge on any atom is -0.0837 e. The molecule has 4 rings (SSSR count). The van der Waals surface area contributed by atoms with Gasteiger partial charge in [0.25, 0.3) is 0 Å². The van der Waals surface area contributed by atoms with Crippen LogP contribution in [0.5, 0.6) is 0 Å². The SMILES string of the molecule is Clc1ccc(Cl)c2c3c(ccc12)C1=C(CCC=C1)CC3. The molecule has 0 spiro atoms. The minimum absolute atomic E-state index is 0.783. The number of rotatable bonds is 0. The fourth-order valence-electron chi connectivity index (χ4n) is 3.48. The van der Waals surface area contributed by atoms with E-state index in [1.165, 1.54) is 29.5 Å². The summed E-state index contributed by atoms with van der Waals surface area (Å²) in [4.78, 5) is 0. The summed E-state index contributed by atoms with van der Waals surface area (Å²) in [6.45, 7) is 0. The van der Waals surface area contributed by atoms with Crippen LogP contribution in [0.1, 0.15) is 30.4 Å². The predicted octanol–water partition coefficient (Wildman–Crippen LogP) is 6.20. The lowest BCUT2D eigenvalue weighted by Crippen LogP contribution is -2.07. The van der Waals surface area contributed by atoms with Crippen LogP contribution in [0.15, 0.2) is 42.0 Å². The molecule has 0 unspecified atom stereocenters. The van der Waals surface area contributed by atoms with Gasteiger partial charge in [-0.25, -0.2) is 0 Å². The van der Waals surface area contributed by atoms with Crippen LogP contribution in [-0.2, 0) is 6.42 Å². The lowest BCUT2D eigenvalue weighted by atomic mass is 9.79. The molecule has 0 aliphatic heterocycles. The number of allylic oxidation sites excluding steroid dienone is 4. The van der Waals surface area contributed by atoms with Crippen LogP contribution in [0, 0.1) is 0 Å². The Labute approximate surface area is 128 Å².